The molecule has 1 aromatic heterocycles. The summed E-state index contributed by atoms with van der Waals surface area (Å²) < 4.78 is 0. The van der Waals surface area contributed by atoms with Crippen LogP contribution in [0.3, 0.4) is 0 Å². The van der Waals surface area contributed by atoms with Gasteiger partial charge in [-0.1, -0.05) is 6.92 Å². The summed E-state index contributed by atoms with van der Waals surface area (Å²) in [6.45, 7) is 2.35. The number of hydrogen-bond donors (Lipinski definition) is 1. The van der Waals surface area contributed by atoms with Gasteiger partial charge in [0.15, 0.2) is 0 Å². The molecule has 1 aliphatic carbocycles. The predicted molar refractivity (Wildman–Crippen MR) is 59.5 cm³/mol. The molecule has 0 saturated heterocycles. The number of aryl methyl sites for hydroxylation is 1. The van der Waals surface area contributed by atoms with Crippen LogP contribution in [0.15, 0.2) is 24.4 Å². The molecule has 0 aliphatic heterocycles. The maximum Gasteiger partial charge on any atom is 0.0456 e. The maximum atomic E-state index is 3.28. The molecular formula is C13H15N. The number of hydrogen-bond acceptors (Lipinski definition) is 0. The average Bonchev–Trinajstić information content (AvgIpc) is 2.61. The molecule has 0 saturated carbocycles. The van der Waals surface area contributed by atoms with E-state index in [0.29, 0.717) is 0 Å². The Bertz CT molecular complexity index is 467. The SMILES string of the molecule is CC1CCc2cc3[nH]ccc3cc2C1. The van der Waals surface area contributed by atoms with Crippen molar-refractivity contribution < 1.29 is 0 Å². The summed E-state index contributed by atoms with van der Waals surface area (Å²) in [7, 11) is 0. The minimum Gasteiger partial charge on any atom is -0.361 e. The molecule has 1 N–H and O–H groups in total. The highest BCUT2D eigenvalue weighted by Crippen LogP contribution is 2.28. The van der Waals surface area contributed by atoms with Gasteiger partial charge in [-0.3, -0.25) is 0 Å². The fraction of sp³-hybridized carbons (Fsp3) is 0.385. The maximum absolute atomic E-state index is 3.28. The van der Waals surface area contributed by atoms with Crippen LogP contribution in [0.5, 0.6) is 0 Å². The van der Waals surface area contributed by atoms with Crippen molar-refractivity contribution in [2.45, 2.75) is 26.2 Å². The number of rotatable bonds is 0. The highest BCUT2D eigenvalue weighted by atomic mass is 14.7. The zero-order valence-corrected chi connectivity index (χ0v) is 8.51. The Morgan fingerprint density at radius 3 is 3.14 bits per heavy atom. The molecule has 0 fully saturated rings. The second-order valence-corrected chi connectivity index (χ2v) is 4.53. The van der Waals surface area contributed by atoms with Crippen molar-refractivity contribution in [2.75, 3.05) is 0 Å². The molecule has 1 nitrogen and oxygen atoms in total. The fourth-order valence-electron chi connectivity index (χ4n) is 2.49. The van der Waals surface area contributed by atoms with E-state index in [0.717, 1.165) is 5.92 Å². The second kappa shape index (κ2) is 2.88. The molecule has 1 aromatic carbocycles. The molecule has 72 valence electrons. The fourth-order valence-corrected chi connectivity index (χ4v) is 2.49. The quantitative estimate of drug-likeness (QED) is 0.648. The van der Waals surface area contributed by atoms with Crippen LogP contribution in [0, 0.1) is 5.92 Å². The minimum atomic E-state index is 0.860. The summed E-state index contributed by atoms with van der Waals surface area (Å²) in [6, 6.07) is 6.85. The number of nitrogens with one attached hydrogen (secondary N) is 1. The summed E-state index contributed by atoms with van der Waals surface area (Å²) in [5.41, 5.74) is 4.41. The van der Waals surface area contributed by atoms with Gasteiger partial charge in [-0.25, -0.2) is 0 Å². The lowest BCUT2D eigenvalue weighted by Gasteiger charge is -2.21. The van der Waals surface area contributed by atoms with Crippen molar-refractivity contribution in [3.8, 4) is 0 Å². The number of aromatic amines is 1. The molecule has 0 bridgehead atoms. The highest BCUT2D eigenvalue weighted by Gasteiger charge is 2.15. The van der Waals surface area contributed by atoms with Crippen LogP contribution < -0.4 is 0 Å². The largest absolute Gasteiger partial charge is 0.361 e. The Kier molecular flexibility index (Phi) is 1.66. The van der Waals surface area contributed by atoms with E-state index >= 15 is 0 Å². The molecule has 1 unspecified atom stereocenters. The van der Waals surface area contributed by atoms with Gasteiger partial charge >= 0.3 is 0 Å². The van der Waals surface area contributed by atoms with Gasteiger partial charge in [0.1, 0.15) is 0 Å². The van der Waals surface area contributed by atoms with Crippen LogP contribution in [0.4, 0.5) is 0 Å². The van der Waals surface area contributed by atoms with Crippen LogP contribution in [0.2, 0.25) is 0 Å². The standard InChI is InChI=1S/C13H15N/c1-9-2-3-10-8-13-11(4-5-14-13)7-12(10)6-9/h4-5,7-9,14H,2-3,6H2,1H3. The van der Waals surface area contributed by atoms with E-state index in [9.17, 15) is 0 Å². The van der Waals surface area contributed by atoms with Gasteiger partial charge < -0.3 is 4.98 Å². The van der Waals surface area contributed by atoms with E-state index in [2.05, 4.69) is 30.1 Å². The first-order valence-corrected chi connectivity index (χ1v) is 5.42. The van der Waals surface area contributed by atoms with Crippen molar-refractivity contribution in [3.05, 3.63) is 35.5 Å². The van der Waals surface area contributed by atoms with Crippen LogP contribution in [-0.2, 0) is 12.8 Å². The summed E-state index contributed by atoms with van der Waals surface area (Å²) in [6.07, 6.45) is 5.89. The molecule has 1 heterocycles. The lowest BCUT2D eigenvalue weighted by molar-refractivity contribution is 0.502. The zero-order chi connectivity index (χ0) is 9.54. The van der Waals surface area contributed by atoms with Crippen molar-refractivity contribution in [3.63, 3.8) is 0 Å². The first-order valence-electron chi connectivity index (χ1n) is 5.42. The number of aromatic nitrogens is 1. The first kappa shape index (κ1) is 8.10. The first-order chi connectivity index (χ1) is 6.83. The zero-order valence-electron chi connectivity index (χ0n) is 8.51. The number of fused-ring (bicyclic) bond motifs is 2. The second-order valence-electron chi connectivity index (χ2n) is 4.53. The molecule has 2 aromatic rings. The lowest BCUT2D eigenvalue weighted by atomic mass is 9.84. The van der Waals surface area contributed by atoms with Crippen LogP contribution in [-0.4, -0.2) is 4.98 Å². The van der Waals surface area contributed by atoms with Gasteiger partial charge in [-0.05, 0) is 59.9 Å². The van der Waals surface area contributed by atoms with Crippen molar-refractivity contribution in [1.29, 1.82) is 0 Å². The molecule has 14 heavy (non-hydrogen) atoms. The van der Waals surface area contributed by atoms with E-state index in [1.165, 1.54) is 30.2 Å². The minimum absolute atomic E-state index is 0.860. The summed E-state index contributed by atoms with van der Waals surface area (Å²) in [5.74, 6) is 0.860. The van der Waals surface area contributed by atoms with E-state index in [1.54, 1.807) is 11.1 Å². The summed E-state index contributed by atoms with van der Waals surface area (Å²) in [5, 5.41) is 1.36. The van der Waals surface area contributed by atoms with Gasteiger partial charge in [0.2, 0.25) is 0 Å². The normalized spacial score (nSPS) is 21.1. The molecule has 0 amide bonds. The van der Waals surface area contributed by atoms with Gasteiger partial charge in [0.05, 0.1) is 0 Å². The topological polar surface area (TPSA) is 15.8 Å². The summed E-state index contributed by atoms with van der Waals surface area (Å²) >= 11 is 0. The molecular weight excluding hydrogens is 170 g/mol. The smallest absolute Gasteiger partial charge is 0.0456 e. The van der Waals surface area contributed by atoms with Crippen LogP contribution >= 0.6 is 0 Å². The van der Waals surface area contributed by atoms with E-state index in [-0.39, 0.29) is 0 Å². The predicted octanol–water partition coefficient (Wildman–Crippen LogP) is 3.29. The van der Waals surface area contributed by atoms with Crippen LogP contribution in [0.1, 0.15) is 24.5 Å². The lowest BCUT2D eigenvalue weighted by Crippen LogP contribution is -2.10. The molecule has 0 radical (unpaired) electrons. The van der Waals surface area contributed by atoms with Gasteiger partial charge in [0, 0.05) is 11.7 Å². The third-order valence-corrected chi connectivity index (χ3v) is 3.35. The highest BCUT2D eigenvalue weighted by molar-refractivity contribution is 5.81. The third kappa shape index (κ3) is 1.16. The Balaban J connectivity index is 2.19. The third-order valence-electron chi connectivity index (χ3n) is 3.35. The Morgan fingerprint density at radius 2 is 2.21 bits per heavy atom. The molecule has 0 spiro atoms. The molecule has 3 rings (SSSR count). The Hall–Kier alpha value is -1.24. The summed E-state index contributed by atoms with van der Waals surface area (Å²) in [4.78, 5) is 3.28. The Labute approximate surface area is 84.1 Å². The number of benzene rings is 1. The molecule has 1 heteroatoms. The van der Waals surface area contributed by atoms with Gasteiger partial charge in [0.25, 0.3) is 0 Å². The van der Waals surface area contributed by atoms with Crippen molar-refractivity contribution in [2.24, 2.45) is 5.92 Å². The van der Waals surface area contributed by atoms with Crippen LogP contribution in [0.25, 0.3) is 10.9 Å². The van der Waals surface area contributed by atoms with Gasteiger partial charge in [-0.2, -0.15) is 0 Å². The molecule has 1 aliphatic rings. The van der Waals surface area contributed by atoms with E-state index < -0.39 is 0 Å². The van der Waals surface area contributed by atoms with Crippen molar-refractivity contribution >= 4 is 10.9 Å². The Morgan fingerprint density at radius 1 is 1.29 bits per heavy atom. The van der Waals surface area contributed by atoms with E-state index in [1.807, 2.05) is 6.20 Å². The van der Waals surface area contributed by atoms with Gasteiger partial charge in [-0.15, -0.1) is 0 Å². The monoisotopic (exact) mass is 185 g/mol. The van der Waals surface area contributed by atoms with Crippen molar-refractivity contribution in [1.82, 2.24) is 4.98 Å². The number of H-pyrrole nitrogens is 1. The molecule has 1 atom stereocenters. The van der Waals surface area contributed by atoms with E-state index in [4.69, 9.17) is 0 Å². The average molecular weight is 185 g/mol.